The number of thiol groups is 2. The van der Waals surface area contributed by atoms with Crippen LogP contribution in [0.3, 0.4) is 0 Å². The molecule has 0 fully saturated rings. The third-order valence-corrected chi connectivity index (χ3v) is 3.70. The molecule has 0 spiro atoms. The molecule has 0 aliphatic rings. The molecule has 6 heteroatoms. The molecule has 0 aliphatic carbocycles. The monoisotopic (exact) mass is 301 g/mol. The lowest BCUT2D eigenvalue weighted by atomic mass is 10.1. The van der Waals surface area contributed by atoms with Crippen LogP contribution in [-0.4, -0.2) is 33.4 Å². The van der Waals surface area contributed by atoms with Crippen LogP contribution in [0.5, 0.6) is 0 Å². The minimum Gasteiger partial charge on any atom is -0.356 e. The lowest BCUT2D eigenvalue weighted by molar-refractivity contribution is -0.121. The second-order valence-corrected chi connectivity index (χ2v) is 5.77. The molecular weight excluding hydrogens is 278 g/mol. The Morgan fingerprint density at radius 2 is 2.26 bits per heavy atom. The normalized spacial score (nSPS) is 12.3. The summed E-state index contributed by atoms with van der Waals surface area (Å²) in [5, 5.41) is 3.33. The minimum atomic E-state index is 0.129. The molecule has 1 unspecified atom stereocenters. The lowest BCUT2D eigenvalue weighted by Crippen LogP contribution is -2.25. The number of unbranched alkanes of at least 4 members (excludes halogenated alkanes) is 1. The van der Waals surface area contributed by atoms with Gasteiger partial charge in [-0.1, -0.05) is 6.42 Å². The Morgan fingerprint density at radius 3 is 2.95 bits per heavy atom. The van der Waals surface area contributed by atoms with Crippen molar-refractivity contribution in [3.05, 3.63) is 18.2 Å². The number of nitrogens with zero attached hydrogens (tertiary/aromatic N) is 1. The molecule has 1 atom stereocenters. The summed E-state index contributed by atoms with van der Waals surface area (Å²) in [6.07, 6.45) is 8.90. The lowest BCUT2D eigenvalue weighted by Gasteiger charge is -2.08. The van der Waals surface area contributed by atoms with Gasteiger partial charge < -0.3 is 10.3 Å². The first kappa shape index (κ1) is 16.4. The SMILES string of the molecule is O=C(CCCCC(S)CCS)NCCc1cnc[nH]1. The number of aromatic amines is 1. The van der Waals surface area contributed by atoms with Crippen LogP contribution in [0.4, 0.5) is 0 Å². The Hall–Kier alpha value is -0.620. The number of carbonyl (C=O) groups excluding carboxylic acids is 1. The molecule has 0 saturated heterocycles. The first-order valence-corrected chi connectivity index (χ1v) is 7.90. The van der Waals surface area contributed by atoms with Crippen molar-refractivity contribution >= 4 is 31.2 Å². The van der Waals surface area contributed by atoms with E-state index in [1.165, 1.54) is 0 Å². The fourth-order valence-corrected chi connectivity index (χ4v) is 2.63. The van der Waals surface area contributed by atoms with E-state index in [9.17, 15) is 4.79 Å². The van der Waals surface area contributed by atoms with E-state index >= 15 is 0 Å². The highest BCUT2D eigenvalue weighted by atomic mass is 32.1. The van der Waals surface area contributed by atoms with Crippen LogP contribution in [0.1, 0.15) is 37.8 Å². The Bertz CT molecular complexity index is 344. The Morgan fingerprint density at radius 1 is 1.42 bits per heavy atom. The van der Waals surface area contributed by atoms with Crippen molar-refractivity contribution in [2.75, 3.05) is 12.3 Å². The average Bonchev–Trinajstić information content (AvgIpc) is 2.88. The molecule has 2 N–H and O–H groups in total. The molecule has 19 heavy (non-hydrogen) atoms. The van der Waals surface area contributed by atoms with Gasteiger partial charge in [0.05, 0.1) is 6.33 Å². The summed E-state index contributed by atoms with van der Waals surface area (Å²) in [6.45, 7) is 0.663. The molecule has 1 rings (SSSR count). The zero-order chi connectivity index (χ0) is 13.9. The van der Waals surface area contributed by atoms with E-state index in [-0.39, 0.29) is 5.91 Å². The molecule has 1 aromatic rings. The van der Waals surface area contributed by atoms with Crippen LogP contribution in [0.2, 0.25) is 0 Å². The highest BCUT2D eigenvalue weighted by Crippen LogP contribution is 2.12. The molecular formula is C13H23N3OS2. The zero-order valence-corrected chi connectivity index (χ0v) is 12.9. The number of hydrogen-bond acceptors (Lipinski definition) is 4. The third kappa shape index (κ3) is 8.21. The number of H-pyrrole nitrogens is 1. The molecule has 0 radical (unpaired) electrons. The van der Waals surface area contributed by atoms with Gasteiger partial charge in [0, 0.05) is 36.5 Å². The third-order valence-electron chi connectivity index (χ3n) is 2.92. The van der Waals surface area contributed by atoms with Crippen molar-refractivity contribution in [3.63, 3.8) is 0 Å². The summed E-state index contributed by atoms with van der Waals surface area (Å²) >= 11 is 8.65. The summed E-state index contributed by atoms with van der Waals surface area (Å²) < 4.78 is 0. The summed E-state index contributed by atoms with van der Waals surface area (Å²) in [5.74, 6) is 1.01. The maximum atomic E-state index is 11.6. The van der Waals surface area contributed by atoms with Crippen LogP contribution >= 0.6 is 25.3 Å². The zero-order valence-electron chi connectivity index (χ0n) is 11.1. The van der Waals surface area contributed by atoms with Gasteiger partial charge >= 0.3 is 0 Å². The van der Waals surface area contributed by atoms with Crippen molar-refractivity contribution in [3.8, 4) is 0 Å². The number of carbonyl (C=O) groups is 1. The van der Waals surface area contributed by atoms with Gasteiger partial charge in [-0.2, -0.15) is 25.3 Å². The maximum absolute atomic E-state index is 11.6. The number of amides is 1. The van der Waals surface area contributed by atoms with Gasteiger partial charge in [0.1, 0.15) is 0 Å². The Balaban J connectivity index is 1.96. The predicted octanol–water partition coefficient (Wildman–Crippen LogP) is 2.25. The molecule has 4 nitrogen and oxygen atoms in total. The summed E-state index contributed by atoms with van der Waals surface area (Å²) in [5.41, 5.74) is 1.05. The summed E-state index contributed by atoms with van der Waals surface area (Å²) in [7, 11) is 0. The van der Waals surface area contributed by atoms with E-state index in [0.717, 1.165) is 43.6 Å². The molecule has 1 amide bonds. The molecule has 0 saturated carbocycles. The highest BCUT2D eigenvalue weighted by molar-refractivity contribution is 7.81. The molecule has 108 valence electrons. The van der Waals surface area contributed by atoms with Crippen molar-refractivity contribution in [1.82, 2.24) is 15.3 Å². The van der Waals surface area contributed by atoms with Crippen LogP contribution in [-0.2, 0) is 11.2 Å². The average molecular weight is 301 g/mol. The van der Waals surface area contributed by atoms with Crippen molar-refractivity contribution in [2.24, 2.45) is 0 Å². The minimum absolute atomic E-state index is 0.129. The number of aromatic nitrogens is 2. The van der Waals surface area contributed by atoms with Crippen LogP contribution in [0, 0.1) is 0 Å². The standard InChI is InChI=1S/C13H23N3OS2/c17-13(4-2-1-3-12(19)6-8-18)15-7-5-11-9-14-10-16-11/h9-10,12,18-19H,1-8H2,(H,14,16)(H,15,17). The quantitative estimate of drug-likeness (QED) is 0.396. The van der Waals surface area contributed by atoms with E-state index in [0.29, 0.717) is 18.2 Å². The van der Waals surface area contributed by atoms with Gasteiger partial charge in [-0.25, -0.2) is 4.98 Å². The fraction of sp³-hybridized carbons (Fsp3) is 0.692. The van der Waals surface area contributed by atoms with Crippen LogP contribution in [0.25, 0.3) is 0 Å². The number of imidazole rings is 1. The summed E-state index contributed by atoms with van der Waals surface area (Å²) in [6, 6.07) is 0. The van der Waals surface area contributed by atoms with E-state index in [2.05, 4.69) is 40.5 Å². The van der Waals surface area contributed by atoms with Gasteiger partial charge in [0.15, 0.2) is 0 Å². The van der Waals surface area contributed by atoms with Crippen molar-refractivity contribution in [2.45, 2.75) is 43.8 Å². The molecule has 0 bridgehead atoms. The van der Waals surface area contributed by atoms with Gasteiger partial charge in [-0.15, -0.1) is 0 Å². The molecule has 1 heterocycles. The number of hydrogen-bond donors (Lipinski definition) is 4. The molecule has 0 aliphatic heterocycles. The highest BCUT2D eigenvalue weighted by Gasteiger charge is 2.04. The van der Waals surface area contributed by atoms with Crippen LogP contribution in [0.15, 0.2) is 12.5 Å². The Kier molecular flexibility index (Phi) is 8.82. The topological polar surface area (TPSA) is 57.8 Å². The first-order chi connectivity index (χ1) is 9.22. The second-order valence-electron chi connectivity index (χ2n) is 4.59. The predicted molar refractivity (Wildman–Crippen MR) is 85.0 cm³/mol. The van der Waals surface area contributed by atoms with E-state index in [4.69, 9.17) is 0 Å². The van der Waals surface area contributed by atoms with Gasteiger partial charge in [0.25, 0.3) is 0 Å². The molecule has 0 aromatic carbocycles. The molecule has 1 aromatic heterocycles. The second kappa shape index (κ2) is 10.2. The van der Waals surface area contributed by atoms with E-state index < -0.39 is 0 Å². The van der Waals surface area contributed by atoms with Crippen molar-refractivity contribution < 1.29 is 4.79 Å². The van der Waals surface area contributed by atoms with Crippen molar-refractivity contribution in [1.29, 1.82) is 0 Å². The fourth-order valence-electron chi connectivity index (χ4n) is 1.81. The van der Waals surface area contributed by atoms with Gasteiger partial charge in [0.2, 0.25) is 5.91 Å². The van der Waals surface area contributed by atoms with E-state index in [1.807, 2.05) is 0 Å². The number of rotatable bonds is 10. The van der Waals surface area contributed by atoms with E-state index in [1.54, 1.807) is 12.5 Å². The largest absolute Gasteiger partial charge is 0.356 e. The summed E-state index contributed by atoms with van der Waals surface area (Å²) in [4.78, 5) is 18.5. The number of nitrogens with one attached hydrogen (secondary N) is 2. The maximum Gasteiger partial charge on any atom is 0.220 e. The first-order valence-electron chi connectivity index (χ1n) is 6.75. The Labute approximate surface area is 126 Å². The van der Waals surface area contributed by atoms with Gasteiger partial charge in [-0.3, -0.25) is 4.79 Å². The smallest absolute Gasteiger partial charge is 0.220 e. The van der Waals surface area contributed by atoms with Gasteiger partial charge in [-0.05, 0) is 25.0 Å². The van der Waals surface area contributed by atoms with Crippen LogP contribution < -0.4 is 5.32 Å².